The molecular formula is C6H12Br2N2Pt. The standard InChI is InChI=1S/C6H12N2.2BrH.Pt/c7-5-3-1-2-4-6(5)8;;;/h5-8H,1-4H2;2*1H;/q-2;;;+4/p-2. The Kier molecular flexibility index (Phi) is 9.35. The first-order chi connectivity index (χ1) is 5.22. The first kappa shape index (κ1) is 12.6. The second-order valence-corrected chi connectivity index (χ2v) is 12.5. The van der Waals surface area contributed by atoms with Crippen LogP contribution >= 0.6 is 26.6 Å². The maximum Gasteiger partial charge on any atom is -0.0548 e. The van der Waals surface area contributed by atoms with Crippen LogP contribution in [0.2, 0.25) is 0 Å². The van der Waals surface area contributed by atoms with Gasteiger partial charge in [0.15, 0.2) is 0 Å². The van der Waals surface area contributed by atoms with Crippen molar-refractivity contribution in [2.75, 3.05) is 0 Å². The van der Waals surface area contributed by atoms with Gasteiger partial charge in [0, 0.05) is 0 Å². The van der Waals surface area contributed by atoms with Gasteiger partial charge in [0.2, 0.25) is 0 Å². The number of nitrogens with one attached hydrogen (secondary N) is 2. The van der Waals surface area contributed by atoms with Crippen LogP contribution < -0.4 is 0 Å². The molecule has 5 heteroatoms. The Balaban J connectivity index is 0.000000292. The average molecular weight is 467 g/mol. The van der Waals surface area contributed by atoms with Crippen molar-refractivity contribution in [3.8, 4) is 0 Å². The molecular weight excluding hydrogens is 455 g/mol. The minimum absolute atomic E-state index is 0.0799. The van der Waals surface area contributed by atoms with E-state index >= 15 is 0 Å². The summed E-state index contributed by atoms with van der Waals surface area (Å²) >= 11 is 6.56. The van der Waals surface area contributed by atoms with E-state index in [-0.39, 0.29) is 26.5 Å². The molecule has 2 nitrogen and oxygen atoms in total. The van der Waals surface area contributed by atoms with Gasteiger partial charge in [-0.3, -0.25) is 0 Å². The molecule has 1 aliphatic rings. The second kappa shape index (κ2) is 8.18. The molecule has 0 amide bonds. The van der Waals surface area contributed by atoms with E-state index in [1.165, 1.54) is 12.8 Å². The Hall–Kier alpha value is 1.57. The van der Waals surface area contributed by atoms with Crippen molar-refractivity contribution in [2.24, 2.45) is 0 Å². The van der Waals surface area contributed by atoms with Crippen molar-refractivity contribution in [3.05, 3.63) is 11.5 Å². The quantitative estimate of drug-likeness (QED) is 0.516. The zero-order valence-corrected chi connectivity index (χ0v) is 11.5. The summed E-state index contributed by atoms with van der Waals surface area (Å²) in [5.74, 6) is 0. The van der Waals surface area contributed by atoms with Crippen molar-refractivity contribution in [3.63, 3.8) is 0 Å². The van der Waals surface area contributed by atoms with Crippen LogP contribution in [0.25, 0.3) is 11.5 Å². The zero-order chi connectivity index (χ0) is 8.69. The molecule has 0 radical (unpaired) electrons. The monoisotopic (exact) mass is 465 g/mol. The minimum Gasteiger partial charge on any atom is -0.676 e. The van der Waals surface area contributed by atoms with Gasteiger partial charge in [0.05, 0.1) is 0 Å². The van der Waals surface area contributed by atoms with E-state index in [0.29, 0.717) is 0 Å². The summed E-state index contributed by atoms with van der Waals surface area (Å²) in [7, 11) is 0. The van der Waals surface area contributed by atoms with Crippen molar-refractivity contribution >= 4 is 26.6 Å². The van der Waals surface area contributed by atoms with Crippen LogP contribution in [0.3, 0.4) is 0 Å². The van der Waals surface area contributed by atoms with Gasteiger partial charge in [-0.25, -0.2) is 0 Å². The molecule has 1 rings (SSSR count). The van der Waals surface area contributed by atoms with E-state index in [9.17, 15) is 0 Å². The smallest absolute Gasteiger partial charge is 0.0548 e. The normalized spacial score (nSPS) is 30.9. The summed E-state index contributed by atoms with van der Waals surface area (Å²) in [6.07, 6.45) is 4.25. The summed E-state index contributed by atoms with van der Waals surface area (Å²) in [6.45, 7) is 0. The van der Waals surface area contributed by atoms with Crippen molar-refractivity contribution in [1.29, 1.82) is 0 Å². The van der Waals surface area contributed by atoms with Gasteiger partial charge in [-0.05, 0) is 0 Å². The molecule has 1 aliphatic carbocycles. The first-order valence-electron chi connectivity index (χ1n) is 3.47. The van der Waals surface area contributed by atoms with Crippen LogP contribution in [0, 0.1) is 0 Å². The molecule has 0 aliphatic heterocycles. The summed E-state index contributed by atoms with van der Waals surface area (Å²) < 4.78 is 0. The topological polar surface area (TPSA) is 47.6 Å². The summed E-state index contributed by atoms with van der Waals surface area (Å²) in [5.41, 5.74) is 14.6. The molecule has 0 heterocycles. The fourth-order valence-corrected chi connectivity index (χ4v) is 1.13. The van der Waals surface area contributed by atoms with E-state index in [1.54, 1.807) is 0 Å². The van der Waals surface area contributed by atoms with Gasteiger partial charge in [0.25, 0.3) is 0 Å². The molecule has 11 heavy (non-hydrogen) atoms. The third kappa shape index (κ3) is 6.70. The van der Waals surface area contributed by atoms with Crippen molar-refractivity contribution < 1.29 is 14.5 Å². The maximum atomic E-state index is 7.29. The van der Waals surface area contributed by atoms with Crippen molar-refractivity contribution in [2.45, 2.75) is 37.8 Å². The third-order valence-corrected chi connectivity index (χ3v) is 1.77. The molecule has 2 N–H and O–H groups in total. The summed E-state index contributed by atoms with van der Waals surface area (Å²) in [5, 5.41) is 0. The molecule has 0 saturated heterocycles. The number of halogens is 2. The summed E-state index contributed by atoms with van der Waals surface area (Å²) in [4.78, 5) is 0. The molecule has 0 aromatic carbocycles. The van der Waals surface area contributed by atoms with Crippen LogP contribution in [0.15, 0.2) is 0 Å². The maximum absolute atomic E-state index is 7.29. The van der Waals surface area contributed by atoms with Gasteiger partial charge in [0.1, 0.15) is 0 Å². The second-order valence-electron chi connectivity index (χ2n) is 2.54. The SMILES string of the molecule is [Br][Pt+2][Br].[NH-]C1CCCCC1[NH-]. The molecule has 0 spiro atoms. The minimum atomic E-state index is -0.0799. The predicted octanol–water partition coefficient (Wildman–Crippen LogP) is 4.09. The van der Waals surface area contributed by atoms with E-state index in [2.05, 4.69) is 26.6 Å². The van der Waals surface area contributed by atoms with Gasteiger partial charge < -0.3 is 11.5 Å². The third-order valence-electron chi connectivity index (χ3n) is 1.77. The number of rotatable bonds is 0. The van der Waals surface area contributed by atoms with Crippen LogP contribution in [-0.2, 0) is 14.5 Å². The molecule has 2 unspecified atom stereocenters. The molecule has 0 aromatic rings. The fraction of sp³-hybridized carbons (Fsp3) is 1.00. The van der Waals surface area contributed by atoms with Crippen LogP contribution in [0.1, 0.15) is 25.7 Å². The molecule has 0 bridgehead atoms. The Morgan fingerprint density at radius 3 is 1.45 bits per heavy atom. The molecule has 70 valence electrons. The number of hydrogen-bond acceptors (Lipinski definition) is 0. The van der Waals surface area contributed by atoms with Crippen molar-refractivity contribution in [1.82, 2.24) is 0 Å². The zero-order valence-electron chi connectivity index (χ0n) is 6.06. The molecule has 1 saturated carbocycles. The van der Waals surface area contributed by atoms with E-state index in [4.69, 9.17) is 11.5 Å². The Morgan fingerprint density at radius 2 is 1.27 bits per heavy atom. The Bertz CT molecular complexity index is 84.7. The largest absolute Gasteiger partial charge is 0.676 e. The van der Waals surface area contributed by atoms with Crippen LogP contribution in [0.4, 0.5) is 0 Å². The van der Waals surface area contributed by atoms with Gasteiger partial charge in [-0.2, -0.15) is 12.1 Å². The van der Waals surface area contributed by atoms with Gasteiger partial charge in [-0.1, -0.05) is 25.7 Å². The Morgan fingerprint density at radius 1 is 1.00 bits per heavy atom. The molecule has 0 aromatic heterocycles. The molecule has 2 atom stereocenters. The van der Waals surface area contributed by atoms with Crippen LogP contribution in [0.5, 0.6) is 0 Å². The van der Waals surface area contributed by atoms with E-state index in [1.807, 2.05) is 0 Å². The van der Waals surface area contributed by atoms with Gasteiger partial charge >= 0.3 is 41.0 Å². The summed E-state index contributed by atoms with van der Waals surface area (Å²) in [6, 6.07) is -0.160. The average Bonchev–Trinajstić information content (AvgIpc) is 1.97. The fourth-order valence-electron chi connectivity index (χ4n) is 1.13. The van der Waals surface area contributed by atoms with E-state index in [0.717, 1.165) is 12.8 Å². The van der Waals surface area contributed by atoms with E-state index < -0.39 is 0 Å². The van der Waals surface area contributed by atoms with Gasteiger partial charge in [-0.15, -0.1) is 0 Å². The Labute approximate surface area is 89.7 Å². The number of hydrogen-bond donors (Lipinski definition) is 0. The van der Waals surface area contributed by atoms with Crippen LogP contribution in [-0.4, -0.2) is 12.1 Å². The first-order valence-corrected chi connectivity index (χ1v) is 13.4. The predicted molar refractivity (Wildman–Crippen MR) is 52.5 cm³/mol. The molecule has 1 fully saturated rings.